The minimum Gasteiger partial charge on any atom is -0.340 e. The first-order valence-corrected chi connectivity index (χ1v) is 5.72. The number of benzene rings is 1. The van der Waals surface area contributed by atoms with Gasteiger partial charge in [0.2, 0.25) is 0 Å². The highest BCUT2D eigenvalue weighted by Gasteiger charge is 2.10. The van der Waals surface area contributed by atoms with Gasteiger partial charge in [-0.2, -0.15) is 0 Å². The fraction of sp³-hybridized carbons (Fsp3) is 0.231. The number of rotatable bonds is 4. The van der Waals surface area contributed by atoms with Crippen molar-refractivity contribution in [2.24, 2.45) is 7.05 Å². The number of hydrogen-bond donors (Lipinski definition) is 2. The number of amides is 1. The number of carbonyl (C=O) groups excluding carboxylic acids is 1. The lowest BCUT2D eigenvalue weighted by Crippen LogP contribution is -2.15. The first kappa shape index (κ1) is 12.3. The van der Waals surface area contributed by atoms with Crippen molar-refractivity contribution in [2.75, 3.05) is 12.4 Å². The van der Waals surface area contributed by atoms with Crippen LogP contribution in [-0.2, 0) is 13.6 Å². The standard InChI is InChI=1S/C13H16N4O/c1-14-7-10-5-3-4-6-11(10)16-13(18)12-8-17(2)9-15-12/h3-6,8-9,14H,7H2,1-2H3,(H,16,18). The van der Waals surface area contributed by atoms with Crippen molar-refractivity contribution >= 4 is 11.6 Å². The third-order valence-corrected chi connectivity index (χ3v) is 2.57. The molecule has 18 heavy (non-hydrogen) atoms. The number of aromatic nitrogens is 2. The van der Waals surface area contributed by atoms with Gasteiger partial charge in [-0.3, -0.25) is 4.79 Å². The maximum atomic E-state index is 12.0. The zero-order chi connectivity index (χ0) is 13.0. The summed E-state index contributed by atoms with van der Waals surface area (Å²) in [6.07, 6.45) is 3.30. The number of carbonyl (C=O) groups is 1. The number of para-hydroxylation sites is 1. The van der Waals surface area contributed by atoms with E-state index in [0.29, 0.717) is 12.2 Å². The summed E-state index contributed by atoms with van der Waals surface area (Å²) in [6, 6.07) is 7.70. The molecule has 1 heterocycles. The maximum absolute atomic E-state index is 12.0. The summed E-state index contributed by atoms with van der Waals surface area (Å²) >= 11 is 0. The van der Waals surface area contributed by atoms with E-state index in [1.54, 1.807) is 17.1 Å². The molecule has 5 heteroatoms. The van der Waals surface area contributed by atoms with Gasteiger partial charge in [-0.05, 0) is 18.7 Å². The topological polar surface area (TPSA) is 58.9 Å². The van der Waals surface area contributed by atoms with Crippen molar-refractivity contribution in [2.45, 2.75) is 6.54 Å². The number of hydrogen-bond acceptors (Lipinski definition) is 3. The number of anilines is 1. The number of nitrogens with zero attached hydrogens (tertiary/aromatic N) is 2. The quantitative estimate of drug-likeness (QED) is 0.854. The van der Waals surface area contributed by atoms with Gasteiger partial charge in [0, 0.05) is 25.5 Å². The van der Waals surface area contributed by atoms with E-state index in [0.717, 1.165) is 11.3 Å². The molecule has 1 amide bonds. The van der Waals surface area contributed by atoms with Crippen molar-refractivity contribution in [3.8, 4) is 0 Å². The molecule has 0 radical (unpaired) electrons. The molecule has 0 saturated heterocycles. The molecule has 0 bridgehead atoms. The predicted octanol–water partition coefficient (Wildman–Crippen LogP) is 1.39. The second-order valence-electron chi connectivity index (χ2n) is 4.07. The van der Waals surface area contributed by atoms with E-state index in [4.69, 9.17) is 0 Å². The first-order valence-electron chi connectivity index (χ1n) is 5.72. The zero-order valence-corrected chi connectivity index (χ0v) is 10.5. The smallest absolute Gasteiger partial charge is 0.275 e. The third-order valence-electron chi connectivity index (χ3n) is 2.57. The van der Waals surface area contributed by atoms with Crippen LogP contribution in [0.25, 0.3) is 0 Å². The summed E-state index contributed by atoms with van der Waals surface area (Å²) < 4.78 is 1.74. The Morgan fingerprint density at radius 1 is 1.39 bits per heavy atom. The van der Waals surface area contributed by atoms with Gasteiger partial charge >= 0.3 is 0 Å². The fourth-order valence-corrected chi connectivity index (χ4v) is 1.70. The lowest BCUT2D eigenvalue weighted by Gasteiger charge is -2.09. The number of nitrogens with one attached hydrogen (secondary N) is 2. The van der Waals surface area contributed by atoms with Gasteiger partial charge in [-0.15, -0.1) is 0 Å². The van der Waals surface area contributed by atoms with Gasteiger partial charge in [-0.25, -0.2) is 4.98 Å². The number of imidazole rings is 1. The predicted molar refractivity (Wildman–Crippen MR) is 70.4 cm³/mol. The van der Waals surface area contributed by atoms with E-state index in [1.165, 1.54) is 0 Å². The van der Waals surface area contributed by atoms with E-state index in [-0.39, 0.29) is 5.91 Å². The summed E-state index contributed by atoms with van der Waals surface area (Å²) in [5.41, 5.74) is 2.27. The molecule has 0 spiro atoms. The van der Waals surface area contributed by atoms with Gasteiger partial charge in [-0.1, -0.05) is 18.2 Å². The molecule has 2 rings (SSSR count). The van der Waals surface area contributed by atoms with Crippen LogP contribution in [0.5, 0.6) is 0 Å². The first-order chi connectivity index (χ1) is 8.70. The Labute approximate surface area is 106 Å². The molecule has 0 aliphatic heterocycles. The summed E-state index contributed by atoms with van der Waals surface area (Å²) in [7, 11) is 3.70. The van der Waals surface area contributed by atoms with Crippen LogP contribution < -0.4 is 10.6 Å². The molecule has 2 N–H and O–H groups in total. The SMILES string of the molecule is CNCc1ccccc1NC(=O)c1cn(C)cn1. The normalized spacial score (nSPS) is 10.3. The third kappa shape index (κ3) is 2.75. The molecular weight excluding hydrogens is 228 g/mol. The monoisotopic (exact) mass is 244 g/mol. The largest absolute Gasteiger partial charge is 0.340 e. The molecule has 94 valence electrons. The molecule has 0 saturated carbocycles. The van der Waals surface area contributed by atoms with Crippen LogP contribution in [0.3, 0.4) is 0 Å². The highest BCUT2D eigenvalue weighted by molar-refractivity contribution is 6.03. The Morgan fingerprint density at radius 2 is 2.17 bits per heavy atom. The summed E-state index contributed by atoms with van der Waals surface area (Å²) in [4.78, 5) is 16.0. The summed E-state index contributed by atoms with van der Waals surface area (Å²) in [5.74, 6) is -0.195. The Bertz CT molecular complexity index is 547. The second kappa shape index (κ2) is 5.46. The molecular formula is C13H16N4O. The Kier molecular flexibility index (Phi) is 3.74. The van der Waals surface area contributed by atoms with Gasteiger partial charge in [0.05, 0.1) is 6.33 Å². The van der Waals surface area contributed by atoms with Crippen molar-refractivity contribution < 1.29 is 4.79 Å². The number of aryl methyl sites for hydroxylation is 1. The molecule has 0 fully saturated rings. The second-order valence-corrected chi connectivity index (χ2v) is 4.07. The van der Waals surface area contributed by atoms with Gasteiger partial charge in [0.15, 0.2) is 0 Å². The van der Waals surface area contributed by atoms with E-state index in [9.17, 15) is 4.79 Å². The molecule has 1 aromatic carbocycles. The van der Waals surface area contributed by atoms with E-state index in [2.05, 4.69) is 15.6 Å². The van der Waals surface area contributed by atoms with Crippen molar-refractivity contribution in [1.29, 1.82) is 0 Å². The fourth-order valence-electron chi connectivity index (χ4n) is 1.70. The molecule has 0 aliphatic carbocycles. The molecule has 0 aliphatic rings. The van der Waals surface area contributed by atoms with Crippen LogP contribution in [0.1, 0.15) is 16.1 Å². The maximum Gasteiger partial charge on any atom is 0.275 e. The van der Waals surface area contributed by atoms with Gasteiger partial charge in [0.1, 0.15) is 5.69 Å². The average Bonchev–Trinajstić information content (AvgIpc) is 2.79. The van der Waals surface area contributed by atoms with Crippen LogP contribution >= 0.6 is 0 Å². The van der Waals surface area contributed by atoms with Crippen LogP contribution in [0, 0.1) is 0 Å². The minimum absolute atomic E-state index is 0.195. The molecule has 0 unspecified atom stereocenters. The zero-order valence-electron chi connectivity index (χ0n) is 10.5. The summed E-state index contributed by atoms with van der Waals surface area (Å²) in [6.45, 7) is 0.707. The Balaban J connectivity index is 2.16. The van der Waals surface area contributed by atoms with E-state index >= 15 is 0 Å². The molecule has 2 aromatic rings. The van der Waals surface area contributed by atoms with Crippen molar-refractivity contribution in [3.05, 3.63) is 48.0 Å². The van der Waals surface area contributed by atoms with Crippen molar-refractivity contribution in [1.82, 2.24) is 14.9 Å². The van der Waals surface area contributed by atoms with Crippen molar-refractivity contribution in [3.63, 3.8) is 0 Å². The minimum atomic E-state index is -0.195. The Hall–Kier alpha value is -2.14. The van der Waals surface area contributed by atoms with E-state index in [1.807, 2.05) is 38.4 Å². The lowest BCUT2D eigenvalue weighted by atomic mass is 10.1. The van der Waals surface area contributed by atoms with Crippen LogP contribution in [-0.4, -0.2) is 22.5 Å². The van der Waals surface area contributed by atoms with Crippen LogP contribution in [0.4, 0.5) is 5.69 Å². The van der Waals surface area contributed by atoms with Crippen LogP contribution in [0.2, 0.25) is 0 Å². The highest BCUT2D eigenvalue weighted by Crippen LogP contribution is 2.15. The van der Waals surface area contributed by atoms with Crippen LogP contribution in [0.15, 0.2) is 36.8 Å². The summed E-state index contributed by atoms with van der Waals surface area (Å²) in [5, 5.41) is 5.94. The molecule has 1 aromatic heterocycles. The van der Waals surface area contributed by atoms with Gasteiger partial charge < -0.3 is 15.2 Å². The lowest BCUT2D eigenvalue weighted by molar-refractivity contribution is 0.102. The average molecular weight is 244 g/mol. The van der Waals surface area contributed by atoms with Gasteiger partial charge in [0.25, 0.3) is 5.91 Å². The van der Waals surface area contributed by atoms with E-state index < -0.39 is 0 Å². The molecule has 0 atom stereocenters. The highest BCUT2D eigenvalue weighted by atomic mass is 16.1. The molecule has 5 nitrogen and oxygen atoms in total. The Morgan fingerprint density at radius 3 is 2.83 bits per heavy atom.